The van der Waals surface area contributed by atoms with E-state index in [0.29, 0.717) is 31.2 Å². The first-order valence-corrected chi connectivity index (χ1v) is 10.1. The lowest BCUT2D eigenvalue weighted by Crippen LogP contribution is -2.57. The number of nitrogens with zero attached hydrogens (tertiary/aromatic N) is 2. The Bertz CT molecular complexity index is 708. The molecule has 3 rings (SSSR count). The third-order valence-electron chi connectivity index (χ3n) is 4.99. The molecule has 1 aromatic carbocycles. The number of hydrogen-bond acceptors (Lipinski definition) is 3. The van der Waals surface area contributed by atoms with E-state index in [-0.39, 0.29) is 5.91 Å². The first-order valence-electron chi connectivity index (χ1n) is 7.83. The van der Waals surface area contributed by atoms with E-state index in [1.807, 2.05) is 29.2 Å². The standard InChI is InChI=1S/C16H21ClN2O3S/c1-23(21,22)19-10-8-18(9-11-19)15(20)16(6-3-7-16)13-4-2-5-14(17)12-13/h2,4-5,12H,3,6-11H2,1H3. The number of rotatable bonds is 3. The van der Waals surface area contributed by atoms with Crippen molar-refractivity contribution in [3.8, 4) is 0 Å². The van der Waals surface area contributed by atoms with Crippen molar-refractivity contribution in [2.75, 3.05) is 32.4 Å². The van der Waals surface area contributed by atoms with Crippen molar-refractivity contribution in [3.05, 3.63) is 34.9 Å². The molecule has 1 aliphatic carbocycles. The smallest absolute Gasteiger partial charge is 0.233 e. The highest BCUT2D eigenvalue weighted by molar-refractivity contribution is 7.88. The van der Waals surface area contributed by atoms with Crippen LogP contribution in [0.15, 0.2) is 24.3 Å². The third kappa shape index (κ3) is 3.12. The average Bonchev–Trinajstić information content (AvgIpc) is 2.45. The molecule has 1 saturated heterocycles. The third-order valence-corrected chi connectivity index (χ3v) is 6.53. The molecule has 7 heteroatoms. The average molecular weight is 357 g/mol. The van der Waals surface area contributed by atoms with Crippen LogP contribution in [0.2, 0.25) is 5.02 Å². The van der Waals surface area contributed by atoms with E-state index < -0.39 is 15.4 Å². The predicted octanol–water partition coefficient (Wildman–Crippen LogP) is 1.87. The summed E-state index contributed by atoms with van der Waals surface area (Å²) in [6.07, 6.45) is 3.91. The molecule has 23 heavy (non-hydrogen) atoms. The summed E-state index contributed by atoms with van der Waals surface area (Å²) in [5, 5.41) is 0.642. The Kier molecular flexibility index (Phi) is 4.42. The lowest BCUT2D eigenvalue weighted by molar-refractivity contribution is -0.142. The van der Waals surface area contributed by atoms with Gasteiger partial charge in [-0.05, 0) is 30.5 Å². The summed E-state index contributed by atoms with van der Waals surface area (Å²) < 4.78 is 24.6. The Labute approximate surface area is 142 Å². The summed E-state index contributed by atoms with van der Waals surface area (Å²) >= 11 is 6.09. The van der Waals surface area contributed by atoms with Crippen LogP contribution >= 0.6 is 11.6 Å². The number of hydrogen-bond donors (Lipinski definition) is 0. The summed E-state index contributed by atoms with van der Waals surface area (Å²) in [4.78, 5) is 14.9. The van der Waals surface area contributed by atoms with Crippen LogP contribution in [0.3, 0.4) is 0 Å². The molecule has 1 aromatic rings. The second kappa shape index (κ2) is 6.07. The van der Waals surface area contributed by atoms with Gasteiger partial charge in [-0.15, -0.1) is 0 Å². The molecule has 126 valence electrons. The number of benzene rings is 1. The Hall–Kier alpha value is -1.11. The van der Waals surface area contributed by atoms with Crippen molar-refractivity contribution in [1.29, 1.82) is 0 Å². The van der Waals surface area contributed by atoms with E-state index in [4.69, 9.17) is 11.6 Å². The number of halogens is 1. The van der Waals surface area contributed by atoms with Crippen molar-refractivity contribution < 1.29 is 13.2 Å². The monoisotopic (exact) mass is 356 g/mol. The molecule has 1 saturated carbocycles. The summed E-state index contributed by atoms with van der Waals surface area (Å²) in [6.45, 7) is 1.65. The van der Waals surface area contributed by atoms with Crippen LogP contribution in [0.5, 0.6) is 0 Å². The van der Waals surface area contributed by atoms with E-state index in [9.17, 15) is 13.2 Å². The van der Waals surface area contributed by atoms with Gasteiger partial charge in [-0.3, -0.25) is 4.79 Å². The van der Waals surface area contributed by atoms with Gasteiger partial charge < -0.3 is 4.90 Å². The molecular formula is C16H21ClN2O3S. The predicted molar refractivity (Wildman–Crippen MR) is 90.0 cm³/mol. The topological polar surface area (TPSA) is 57.7 Å². The maximum absolute atomic E-state index is 13.1. The van der Waals surface area contributed by atoms with Gasteiger partial charge in [0.15, 0.2) is 0 Å². The van der Waals surface area contributed by atoms with E-state index in [0.717, 1.165) is 24.8 Å². The van der Waals surface area contributed by atoms with Crippen molar-refractivity contribution in [2.24, 2.45) is 0 Å². The van der Waals surface area contributed by atoms with Crippen LogP contribution < -0.4 is 0 Å². The lowest BCUT2D eigenvalue weighted by atomic mass is 9.63. The van der Waals surface area contributed by atoms with Crippen molar-refractivity contribution in [3.63, 3.8) is 0 Å². The first kappa shape index (κ1) is 16.7. The fourth-order valence-electron chi connectivity index (χ4n) is 3.47. The normalized spacial score (nSPS) is 21.7. The Morgan fingerprint density at radius 1 is 1.17 bits per heavy atom. The first-order chi connectivity index (χ1) is 10.8. The SMILES string of the molecule is CS(=O)(=O)N1CCN(C(=O)C2(c3cccc(Cl)c3)CCC2)CC1. The van der Waals surface area contributed by atoms with Crippen molar-refractivity contribution in [1.82, 2.24) is 9.21 Å². The Balaban J connectivity index is 1.77. The van der Waals surface area contributed by atoms with Gasteiger partial charge >= 0.3 is 0 Å². The van der Waals surface area contributed by atoms with Gasteiger partial charge in [-0.2, -0.15) is 4.31 Å². The number of piperazine rings is 1. The van der Waals surface area contributed by atoms with Crippen LogP contribution in [0, 0.1) is 0 Å². The molecule has 0 aromatic heterocycles. The van der Waals surface area contributed by atoms with Gasteiger partial charge in [0.25, 0.3) is 0 Å². The zero-order chi connectivity index (χ0) is 16.7. The highest BCUT2D eigenvalue weighted by Crippen LogP contribution is 2.45. The second-order valence-electron chi connectivity index (χ2n) is 6.40. The van der Waals surface area contributed by atoms with Crippen LogP contribution in [-0.2, 0) is 20.2 Å². The molecule has 0 radical (unpaired) electrons. The number of amides is 1. The van der Waals surface area contributed by atoms with E-state index >= 15 is 0 Å². The summed E-state index contributed by atoms with van der Waals surface area (Å²) in [6, 6.07) is 7.54. The molecule has 0 N–H and O–H groups in total. The van der Waals surface area contributed by atoms with E-state index in [2.05, 4.69) is 0 Å². The second-order valence-corrected chi connectivity index (χ2v) is 8.82. The minimum atomic E-state index is -3.18. The maximum atomic E-state index is 13.1. The van der Waals surface area contributed by atoms with Crippen LogP contribution in [-0.4, -0.2) is 56.0 Å². The number of carbonyl (C=O) groups is 1. The molecule has 1 aliphatic heterocycles. The molecule has 0 bridgehead atoms. The van der Waals surface area contributed by atoms with Crippen molar-refractivity contribution in [2.45, 2.75) is 24.7 Å². The molecule has 5 nitrogen and oxygen atoms in total. The minimum Gasteiger partial charge on any atom is -0.339 e. The largest absolute Gasteiger partial charge is 0.339 e. The summed E-state index contributed by atoms with van der Waals surface area (Å²) in [7, 11) is -3.18. The zero-order valence-corrected chi connectivity index (χ0v) is 14.7. The number of sulfonamides is 1. The van der Waals surface area contributed by atoms with E-state index in [1.165, 1.54) is 10.6 Å². The minimum absolute atomic E-state index is 0.110. The fraction of sp³-hybridized carbons (Fsp3) is 0.562. The molecule has 0 spiro atoms. The van der Waals surface area contributed by atoms with Gasteiger partial charge in [0.05, 0.1) is 11.7 Å². The molecule has 2 fully saturated rings. The summed E-state index contributed by atoms with van der Waals surface area (Å²) in [5.41, 5.74) is 0.504. The fourth-order valence-corrected chi connectivity index (χ4v) is 4.48. The molecule has 0 atom stereocenters. The quantitative estimate of drug-likeness (QED) is 0.830. The van der Waals surface area contributed by atoms with E-state index in [1.54, 1.807) is 0 Å². The number of carbonyl (C=O) groups excluding carboxylic acids is 1. The molecule has 1 amide bonds. The Morgan fingerprint density at radius 3 is 2.30 bits per heavy atom. The summed E-state index contributed by atoms with van der Waals surface area (Å²) in [5.74, 6) is 0.110. The van der Waals surface area contributed by atoms with Gasteiger partial charge in [-0.1, -0.05) is 30.2 Å². The van der Waals surface area contributed by atoms with Crippen LogP contribution in [0.25, 0.3) is 0 Å². The van der Waals surface area contributed by atoms with Gasteiger partial charge in [0, 0.05) is 31.2 Å². The van der Waals surface area contributed by atoms with Crippen molar-refractivity contribution >= 4 is 27.5 Å². The molecule has 1 heterocycles. The zero-order valence-electron chi connectivity index (χ0n) is 13.2. The molecular weight excluding hydrogens is 336 g/mol. The lowest BCUT2D eigenvalue weighted by Gasteiger charge is -2.45. The highest BCUT2D eigenvalue weighted by atomic mass is 35.5. The van der Waals surface area contributed by atoms with Gasteiger partial charge in [0.1, 0.15) is 0 Å². The van der Waals surface area contributed by atoms with Gasteiger partial charge in [-0.25, -0.2) is 8.42 Å². The Morgan fingerprint density at radius 2 is 1.83 bits per heavy atom. The van der Waals surface area contributed by atoms with Crippen LogP contribution in [0.1, 0.15) is 24.8 Å². The van der Waals surface area contributed by atoms with Crippen LogP contribution in [0.4, 0.5) is 0 Å². The molecule has 0 unspecified atom stereocenters. The molecule has 2 aliphatic rings. The maximum Gasteiger partial charge on any atom is 0.233 e. The highest BCUT2D eigenvalue weighted by Gasteiger charge is 2.48. The van der Waals surface area contributed by atoms with Gasteiger partial charge in [0.2, 0.25) is 15.9 Å².